The molecule has 174 valence electrons. The first kappa shape index (κ1) is 23.5. The second kappa shape index (κ2) is 12.7. The van der Waals surface area contributed by atoms with Crippen LogP contribution in [-0.4, -0.2) is 82.5 Å². The molecule has 1 unspecified atom stereocenters. The van der Waals surface area contributed by atoms with Crippen molar-refractivity contribution in [2.45, 2.75) is 38.8 Å². The maximum absolute atomic E-state index is 12.7. The topological polar surface area (TPSA) is 61.4 Å². The zero-order chi connectivity index (χ0) is 21.9. The Labute approximate surface area is 183 Å². The second-order valence-electron chi connectivity index (χ2n) is 7.84. The number of unbranched alkanes of at least 4 members (excludes halogenated alkanes) is 1. The predicted octanol–water partition coefficient (Wildman–Crippen LogP) is 2.53. The van der Waals surface area contributed by atoms with Crippen LogP contribution in [-0.2, 0) is 4.74 Å². The van der Waals surface area contributed by atoms with Crippen molar-refractivity contribution >= 4 is 11.6 Å². The van der Waals surface area contributed by atoms with Crippen molar-refractivity contribution in [1.29, 1.82) is 0 Å². The fourth-order valence-corrected chi connectivity index (χ4v) is 3.99. The number of guanidine groups is 1. The van der Waals surface area contributed by atoms with Crippen molar-refractivity contribution in [1.82, 2.24) is 15.5 Å². The summed E-state index contributed by atoms with van der Waals surface area (Å²) in [4.78, 5) is 9.25. The molecule has 9 heteroatoms. The Bertz CT molecular complexity index is 686. The van der Waals surface area contributed by atoms with Gasteiger partial charge in [0.1, 0.15) is 5.75 Å². The third kappa shape index (κ3) is 7.81. The van der Waals surface area contributed by atoms with Crippen molar-refractivity contribution in [3.05, 3.63) is 24.3 Å². The largest absolute Gasteiger partial charge is 0.433 e. The van der Waals surface area contributed by atoms with Gasteiger partial charge in [-0.25, -0.2) is 0 Å². The minimum Gasteiger partial charge on any atom is -0.433 e. The van der Waals surface area contributed by atoms with Crippen LogP contribution >= 0.6 is 0 Å². The van der Waals surface area contributed by atoms with Crippen LogP contribution in [0.3, 0.4) is 0 Å². The molecule has 2 saturated heterocycles. The molecule has 2 aliphatic heterocycles. The molecule has 31 heavy (non-hydrogen) atoms. The molecule has 1 aromatic rings. The molecule has 2 heterocycles. The Morgan fingerprint density at radius 3 is 2.81 bits per heavy atom. The molecule has 0 aromatic heterocycles. The smallest absolute Gasteiger partial charge is 0.387 e. The van der Waals surface area contributed by atoms with Crippen LogP contribution in [0.1, 0.15) is 26.2 Å². The number of ether oxygens (including phenoxy) is 2. The van der Waals surface area contributed by atoms with Gasteiger partial charge >= 0.3 is 6.61 Å². The molecule has 1 aromatic carbocycles. The van der Waals surface area contributed by atoms with Gasteiger partial charge in [-0.1, -0.05) is 12.1 Å². The average Bonchev–Trinajstić information content (AvgIpc) is 3.22. The standard InChI is InChI=1S/C22H35F2N5O2/c1-2-25-22(26-10-5-6-11-28-13-15-30-16-14-28)27-18-9-12-29(17-18)19-7-3-4-8-20(19)31-21(23)24/h3-4,7-8,18,21H,2,5-6,9-17H2,1H3,(H2,25,26,27). The fraction of sp³-hybridized carbons (Fsp3) is 0.682. The van der Waals surface area contributed by atoms with Crippen LogP contribution in [0, 0.1) is 0 Å². The summed E-state index contributed by atoms with van der Waals surface area (Å²) in [6.45, 7) is 7.11. The van der Waals surface area contributed by atoms with Gasteiger partial charge < -0.3 is 25.0 Å². The van der Waals surface area contributed by atoms with Crippen molar-refractivity contribution in [2.75, 3.05) is 63.9 Å². The second-order valence-corrected chi connectivity index (χ2v) is 7.84. The first-order valence-electron chi connectivity index (χ1n) is 11.3. The van der Waals surface area contributed by atoms with E-state index in [2.05, 4.69) is 27.4 Å². The lowest BCUT2D eigenvalue weighted by molar-refractivity contribution is -0.0495. The molecule has 3 rings (SSSR count). The summed E-state index contributed by atoms with van der Waals surface area (Å²) in [5, 5.41) is 6.81. The molecule has 0 saturated carbocycles. The van der Waals surface area contributed by atoms with Gasteiger partial charge in [0.25, 0.3) is 0 Å². The molecular formula is C22H35F2N5O2. The third-order valence-electron chi connectivity index (χ3n) is 5.55. The van der Waals surface area contributed by atoms with E-state index >= 15 is 0 Å². The van der Waals surface area contributed by atoms with Crippen LogP contribution < -0.4 is 20.3 Å². The van der Waals surface area contributed by atoms with E-state index in [0.29, 0.717) is 12.2 Å². The van der Waals surface area contributed by atoms with E-state index in [9.17, 15) is 8.78 Å². The molecule has 2 N–H and O–H groups in total. The van der Waals surface area contributed by atoms with Crippen LogP contribution in [0.2, 0.25) is 0 Å². The number of halogens is 2. The van der Waals surface area contributed by atoms with E-state index in [1.54, 1.807) is 12.1 Å². The van der Waals surface area contributed by atoms with Crippen LogP contribution in [0.4, 0.5) is 14.5 Å². The lowest BCUT2D eigenvalue weighted by Gasteiger charge is -2.26. The number of anilines is 1. The van der Waals surface area contributed by atoms with Gasteiger partial charge in [-0.15, -0.1) is 0 Å². The van der Waals surface area contributed by atoms with E-state index < -0.39 is 6.61 Å². The Balaban J connectivity index is 1.45. The van der Waals surface area contributed by atoms with Gasteiger partial charge in [-0.2, -0.15) is 8.78 Å². The van der Waals surface area contributed by atoms with Gasteiger partial charge in [0.15, 0.2) is 5.96 Å². The minimum absolute atomic E-state index is 0.200. The summed E-state index contributed by atoms with van der Waals surface area (Å²) in [5.74, 6) is 1.04. The SMILES string of the molecule is CCNC(=NCCCCN1CCOCC1)NC1CCN(c2ccccc2OC(F)F)C1. The number of rotatable bonds is 10. The van der Waals surface area contributed by atoms with Crippen LogP contribution in [0.25, 0.3) is 0 Å². The maximum Gasteiger partial charge on any atom is 0.387 e. The Morgan fingerprint density at radius 1 is 1.23 bits per heavy atom. The predicted molar refractivity (Wildman–Crippen MR) is 119 cm³/mol. The zero-order valence-corrected chi connectivity index (χ0v) is 18.4. The molecule has 0 amide bonds. The normalized spacial score (nSPS) is 20.3. The van der Waals surface area contributed by atoms with Crippen LogP contribution in [0.5, 0.6) is 5.75 Å². The van der Waals surface area contributed by atoms with Crippen molar-refractivity contribution in [3.8, 4) is 5.75 Å². The number of hydrogen-bond donors (Lipinski definition) is 2. The highest BCUT2D eigenvalue weighted by atomic mass is 19.3. The number of nitrogens with one attached hydrogen (secondary N) is 2. The number of nitrogens with zero attached hydrogens (tertiary/aromatic N) is 3. The highest BCUT2D eigenvalue weighted by Gasteiger charge is 2.26. The quantitative estimate of drug-likeness (QED) is 0.332. The Morgan fingerprint density at radius 2 is 2.03 bits per heavy atom. The lowest BCUT2D eigenvalue weighted by atomic mass is 10.2. The van der Waals surface area contributed by atoms with E-state index in [4.69, 9.17) is 14.5 Å². The molecule has 0 spiro atoms. The van der Waals surface area contributed by atoms with Crippen molar-refractivity contribution in [3.63, 3.8) is 0 Å². The summed E-state index contributed by atoms with van der Waals surface area (Å²) in [6, 6.07) is 7.17. The fourth-order valence-electron chi connectivity index (χ4n) is 3.99. The van der Waals surface area contributed by atoms with Crippen LogP contribution in [0.15, 0.2) is 29.3 Å². The van der Waals surface area contributed by atoms with Gasteiger partial charge in [-0.05, 0) is 44.9 Å². The first-order chi connectivity index (χ1) is 15.2. The van der Waals surface area contributed by atoms with E-state index in [1.807, 2.05) is 12.1 Å². The molecule has 7 nitrogen and oxygen atoms in total. The summed E-state index contributed by atoms with van der Waals surface area (Å²) in [7, 11) is 0. The van der Waals surface area contributed by atoms with Crippen molar-refractivity contribution in [2.24, 2.45) is 4.99 Å². The summed E-state index contributed by atoms with van der Waals surface area (Å²) >= 11 is 0. The average molecular weight is 440 g/mol. The molecule has 0 radical (unpaired) electrons. The minimum atomic E-state index is -2.83. The van der Waals surface area contributed by atoms with Gasteiger partial charge in [0.2, 0.25) is 0 Å². The maximum atomic E-state index is 12.7. The molecule has 1 atom stereocenters. The van der Waals surface area contributed by atoms with E-state index in [-0.39, 0.29) is 11.8 Å². The Kier molecular flexibility index (Phi) is 9.61. The van der Waals surface area contributed by atoms with E-state index in [0.717, 1.165) is 77.7 Å². The summed E-state index contributed by atoms with van der Waals surface area (Å²) in [6.07, 6.45) is 3.08. The summed E-state index contributed by atoms with van der Waals surface area (Å²) in [5.41, 5.74) is 0.706. The molecule has 0 aliphatic carbocycles. The molecule has 0 bridgehead atoms. The highest BCUT2D eigenvalue weighted by Crippen LogP contribution is 2.31. The molecule has 2 aliphatic rings. The first-order valence-corrected chi connectivity index (χ1v) is 11.3. The molecular weight excluding hydrogens is 404 g/mol. The lowest BCUT2D eigenvalue weighted by Crippen LogP contribution is -2.44. The number of morpholine rings is 1. The van der Waals surface area contributed by atoms with Gasteiger partial charge in [0, 0.05) is 45.3 Å². The zero-order valence-electron chi connectivity index (χ0n) is 18.4. The van der Waals surface area contributed by atoms with Gasteiger partial charge in [0.05, 0.1) is 18.9 Å². The van der Waals surface area contributed by atoms with Gasteiger partial charge in [-0.3, -0.25) is 9.89 Å². The Hall–Kier alpha value is -2.13. The number of aliphatic imine (C=N–C) groups is 1. The number of benzene rings is 1. The number of hydrogen-bond acceptors (Lipinski definition) is 5. The summed E-state index contributed by atoms with van der Waals surface area (Å²) < 4.78 is 35.5. The monoisotopic (exact) mass is 439 g/mol. The highest BCUT2D eigenvalue weighted by molar-refractivity contribution is 5.80. The molecule has 2 fully saturated rings. The van der Waals surface area contributed by atoms with E-state index in [1.165, 1.54) is 0 Å². The van der Waals surface area contributed by atoms with Crippen molar-refractivity contribution < 1.29 is 18.3 Å². The third-order valence-corrected chi connectivity index (χ3v) is 5.55. The number of para-hydroxylation sites is 2. The number of alkyl halides is 2.